The Balaban J connectivity index is 1.48. The summed E-state index contributed by atoms with van der Waals surface area (Å²) in [7, 11) is 0. The van der Waals surface area contributed by atoms with E-state index in [1.165, 1.54) is 11.1 Å². The molecule has 3 heterocycles. The number of hydrogen-bond donors (Lipinski definition) is 1. The lowest BCUT2D eigenvalue weighted by molar-refractivity contribution is -0.126. The van der Waals surface area contributed by atoms with Crippen molar-refractivity contribution in [1.29, 1.82) is 0 Å². The number of carbonyl (C=O) groups excluding carboxylic acids is 1. The number of nitrogens with one attached hydrogen (secondary N) is 1. The Morgan fingerprint density at radius 1 is 1.21 bits per heavy atom. The topological polar surface area (TPSA) is 66.8 Å². The fourth-order valence-corrected chi connectivity index (χ4v) is 3.64. The van der Waals surface area contributed by atoms with E-state index in [2.05, 4.69) is 53.4 Å². The molecular weight excluding hydrogens is 350 g/mol. The lowest BCUT2D eigenvalue weighted by Gasteiger charge is -2.25. The Bertz CT molecular complexity index is 1030. The predicted octanol–water partition coefficient (Wildman–Crippen LogP) is 3.18. The van der Waals surface area contributed by atoms with Crippen molar-refractivity contribution in [3.05, 3.63) is 75.9 Å². The second-order valence-corrected chi connectivity index (χ2v) is 7.44. The zero-order valence-electron chi connectivity index (χ0n) is 16.6. The SMILES string of the molecule is Cc1ccc(Cn2nc(C)c(C=CC(=O)N3CCc4[nH]ncc4C3)c2C)cc1. The highest BCUT2D eigenvalue weighted by atomic mass is 16.2. The van der Waals surface area contributed by atoms with Crippen molar-refractivity contribution >= 4 is 12.0 Å². The van der Waals surface area contributed by atoms with Crippen LogP contribution in [0.2, 0.25) is 0 Å². The van der Waals surface area contributed by atoms with E-state index in [0.29, 0.717) is 13.1 Å². The molecule has 144 valence electrons. The van der Waals surface area contributed by atoms with Crippen LogP contribution < -0.4 is 0 Å². The molecule has 1 N–H and O–H groups in total. The fraction of sp³-hybridized carbons (Fsp3) is 0.318. The third-order valence-corrected chi connectivity index (χ3v) is 5.40. The van der Waals surface area contributed by atoms with Crippen LogP contribution in [-0.2, 0) is 24.3 Å². The van der Waals surface area contributed by atoms with Crippen molar-refractivity contribution < 1.29 is 4.79 Å². The van der Waals surface area contributed by atoms with Crippen molar-refractivity contribution in [2.24, 2.45) is 0 Å². The smallest absolute Gasteiger partial charge is 0.246 e. The standard InChI is InChI=1S/C22H25N5O/c1-15-4-6-18(7-5-15)13-27-17(3)20(16(2)25-27)8-9-22(28)26-11-10-21-19(14-26)12-23-24-21/h4-9,12H,10-11,13-14H2,1-3H3,(H,23,24). The molecule has 0 unspecified atom stereocenters. The molecule has 0 saturated heterocycles. The van der Waals surface area contributed by atoms with Crippen molar-refractivity contribution in [1.82, 2.24) is 24.9 Å². The molecule has 1 aliphatic rings. The van der Waals surface area contributed by atoms with Gasteiger partial charge in [-0.3, -0.25) is 14.6 Å². The van der Waals surface area contributed by atoms with Gasteiger partial charge in [-0.1, -0.05) is 29.8 Å². The average molecular weight is 375 g/mol. The molecule has 0 aliphatic carbocycles. The number of aryl methyl sites for hydroxylation is 2. The van der Waals surface area contributed by atoms with Gasteiger partial charge in [-0.15, -0.1) is 0 Å². The Morgan fingerprint density at radius 3 is 2.79 bits per heavy atom. The number of carbonyl (C=O) groups is 1. The van der Waals surface area contributed by atoms with E-state index in [4.69, 9.17) is 0 Å². The van der Waals surface area contributed by atoms with Crippen LogP contribution >= 0.6 is 0 Å². The maximum atomic E-state index is 12.6. The van der Waals surface area contributed by atoms with Crippen molar-refractivity contribution in [3.8, 4) is 0 Å². The number of aromatic amines is 1. The van der Waals surface area contributed by atoms with E-state index in [1.54, 1.807) is 6.08 Å². The van der Waals surface area contributed by atoms with Gasteiger partial charge in [0.2, 0.25) is 5.91 Å². The Morgan fingerprint density at radius 2 is 2.00 bits per heavy atom. The summed E-state index contributed by atoms with van der Waals surface area (Å²) in [6.07, 6.45) is 6.19. The van der Waals surface area contributed by atoms with Crippen LogP contribution in [0.15, 0.2) is 36.5 Å². The molecule has 3 aromatic rings. The third kappa shape index (κ3) is 3.63. The normalized spacial score (nSPS) is 13.9. The second kappa shape index (κ2) is 7.46. The summed E-state index contributed by atoms with van der Waals surface area (Å²) >= 11 is 0. The van der Waals surface area contributed by atoms with Gasteiger partial charge in [0.1, 0.15) is 0 Å². The van der Waals surface area contributed by atoms with Gasteiger partial charge in [-0.25, -0.2) is 0 Å². The van der Waals surface area contributed by atoms with Gasteiger partial charge in [0, 0.05) is 48.1 Å². The summed E-state index contributed by atoms with van der Waals surface area (Å²) in [4.78, 5) is 14.5. The second-order valence-electron chi connectivity index (χ2n) is 7.44. The van der Waals surface area contributed by atoms with E-state index < -0.39 is 0 Å². The van der Waals surface area contributed by atoms with Crippen LogP contribution in [0.5, 0.6) is 0 Å². The van der Waals surface area contributed by atoms with Crippen molar-refractivity contribution in [2.45, 2.75) is 40.3 Å². The first kappa shape index (κ1) is 18.2. The Kier molecular flexibility index (Phi) is 4.86. The Labute approximate surface area is 164 Å². The number of rotatable bonds is 4. The van der Waals surface area contributed by atoms with Gasteiger partial charge >= 0.3 is 0 Å². The molecule has 28 heavy (non-hydrogen) atoms. The minimum absolute atomic E-state index is 0.0249. The van der Waals surface area contributed by atoms with Crippen LogP contribution in [0.4, 0.5) is 0 Å². The molecule has 0 saturated carbocycles. The number of hydrogen-bond acceptors (Lipinski definition) is 3. The van der Waals surface area contributed by atoms with Crippen LogP contribution in [-0.4, -0.2) is 37.3 Å². The minimum Gasteiger partial charge on any atom is -0.334 e. The molecule has 0 spiro atoms. The summed E-state index contributed by atoms with van der Waals surface area (Å²) in [6.45, 7) is 8.17. The Hall–Kier alpha value is -3.15. The molecule has 1 amide bonds. The predicted molar refractivity (Wildman–Crippen MR) is 109 cm³/mol. The van der Waals surface area contributed by atoms with Crippen molar-refractivity contribution in [2.75, 3.05) is 6.54 Å². The van der Waals surface area contributed by atoms with Crippen LogP contribution in [0.1, 0.15) is 39.3 Å². The van der Waals surface area contributed by atoms with Crippen molar-refractivity contribution in [3.63, 3.8) is 0 Å². The quantitative estimate of drug-likeness (QED) is 0.712. The highest BCUT2D eigenvalue weighted by molar-refractivity contribution is 5.92. The van der Waals surface area contributed by atoms with Crippen LogP contribution in [0.3, 0.4) is 0 Å². The van der Waals surface area contributed by atoms with E-state index in [0.717, 1.165) is 41.2 Å². The fourth-order valence-electron chi connectivity index (χ4n) is 3.64. The molecule has 0 radical (unpaired) electrons. The zero-order chi connectivity index (χ0) is 19.7. The highest BCUT2D eigenvalue weighted by Gasteiger charge is 2.20. The molecule has 1 aliphatic heterocycles. The average Bonchev–Trinajstić information content (AvgIpc) is 3.26. The lowest BCUT2D eigenvalue weighted by atomic mass is 10.1. The van der Waals surface area contributed by atoms with Gasteiger partial charge in [0.25, 0.3) is 0 Å². The van der Waals surface area contributed by atoms with Gasteiger partial charge in [0.15, 0.2) is 0 Å². The van der Waals surface area contributed by atoms with Crippen LogP contribution in [0.25, 0.3) is 6.08 Å². The lowest BCUT2D eigenvalue weighted by Crippen LogP contribution is -2.34. The number of amides is 1. The monoisotopic (exact) mass is 375 g/mol. The summed E-state index contributed by atoms with van der Waals surface area (Å²) in [5.41, 5.74) is 7.72. The van der Waals surface area contributed by atoms with Gasteiger partial charge in [0.05, 0.1) is 18.4 Å². The third-order valence-electron chi connectivity index (χ3n) is 5.40. The number of fused-ring (bicyclic) bond motifs is 1. The first-order chi connectivity index (χ1) is 13.5. The van der Waals surface area contributed by atoms with E-state index in [1.807, 2.05) is 28.8 Å². The van der Waals surface area contributed by atoms with E-state index >= 15 is 0 Å². The first-order valence-electron chi connectivity index (χ1n) is 9.59. The molecule has 0 fully saturated rings. The molecule has 6 heteroatoms. The van der Waals surface area contributed by atoms with Gasteiger partial charge in [-0.05, 0) is 32.4 Å². The number of H-pyrrole nitrogens is 1. The summed E-state index contributed by atoms with van der Waals surface area (Å²) in [6, 6.07) is 8.49. The van der Waals surface area contributed by atoms with Gasteiger partial charge in [-0.2, -0.15) is 10.2 Å². The summed E-state index contributed by atoms with van der Waals surface area (Å²) < 4.78 is 2.00. The molecule has 0 atom stereocenters. The zero-order valence-corrected chi connectivity index (χ0v) is 16.6. The maximum Gasteiger partial charge on any atom is 0.246 e. The minimum atomic E-state index is 0.0249. The molecule has 4 rings (SSSR count). The molecule has 0 bridgehead atoms. The highest BCUT2D eigenvalue weighted by Crippen LogP contribution is 2.19. The summed E-state index contributed by atoms with van der Waals surface area (Å²) in [5, 5.41) is 11.7. The number of benzene rings is 1. The first-order valence-corrected chi connectivity index (χ1v) is 9.59. The van der Waals surface area contributed by atoms with Crippen LogP contribution in [0, 0.1) is 20.8 Å². The largest absolute Gasteiger partial charge is 0.334 e. The molecule has 1 aromatic carbocycles. The summed E-state index contributed by atoms with van der Waals surface area (Å²) in [5.74, 6) is 0.0249. The van der Waals surface area contributed by atoms with Gasteiger partial charge < -0.3 is 4.90 Å². The molecule has 2 aromatic heterocycles. The van der Waals surface area contributed by atoms with E-state index in [-0.39, 0.29) is 5.91 Å². The molecular formula is C22H25N5O. The molecule has 6 nitrogen and oxygen atoms in total. The number of aromatic nitrogens is 4. The number of nitrogens with zero attached hydrogens (tertiary/aromatic N) is 4. The maximum absolute atomic E-state index is 12.6. The van der Waals surface area contributed by atoms with E-state index in [9.17, 15) is 4.79 Å².